The maximum Gasteiger partial charge on any atom is 0.403 e. The minimum absolute atomic E-state index is 0.219. The van der Waals surface area contributed by atoms with E-state index in [-0.39, 0.29) is 6.61 Å². The number of carbonyl (C=O) groups is 1. The minimum atomic E-state index is -4.20. The Hall–Kier alpha value is -2.55. The first-order valence-electron chi connectivity index (χ1n) is 7.09. The summed E-state index contributed by atoms with van der Waals surface area (Å²) in [7, 11) is -4.20. The molecule has 2 heterocycles. The molecule has 0 aromatic carbocycles. The second kappa shape index (κ2) is 8.02. The van der Waals surface area contributed by atoms with Crippen molar-refractivity contribution in [1.82, 2.24) is 24.6 Å². The fourth-order valence-corrected chi connectivity index (χ4v) is 2.74. The summed E-state index contributed by atoms with van der Waals surface area (Å²) >= 11 is 0. The van der Waals surface area contributed by atoms with E-state index in [1.54, 1.807) is 17.0 Å². The van der Waals surface area contributed by atoms with E-state index in [9.17, 15) is 14.3 Å². The van der Waals surface area contributed by atoms with Gasteiger partial charge in [0.25, 0.3) is 0 Å². The van der Waals surface area contributed by atoms with Gasteiger partial charge >= 0.3 is 13.7 Å². The average molecular weight is 368 g/mol. The van der Waals surface area contributed by atoms with Crippen LogP contribution in [0.25, 0.3) is 11.2 Å². The number of carboxylic acid groups (broad SMARTS) is 1. The molecule has 2 atom stereocenters. The number of carboxylic acids is 1. The van der Waals surface area contributed by atoms with E-state index in [1.807, 2.05) is 5.09 Å². The molecule has 0 bridgehead atoms. The lowest BCUT2D eigenvalue weighted by atomic mass is 10.4. The molecule has 0 saturated carbocycles. The van der Waals surface area contributed by atoms with Gasteiger partial charge in [-0.3, -0.25) is 9.32 Å². The first kappa shape index (κ1) is 18.8. The van der Waals surface area contributed by atoms with Gasteiger partial charge in [0.2, 0.25) is 0 Å². The summed E-state index contributed by atoms with van der Waals surface area (Å²) in [6.07, 6.45) is 5.92. The summed E-state index contributed by atoms with van der Waals surface area (Å²) in [5.74, 6) is -0.969. The topological polar surface area (TPSA) is 165 Å². The van der Waals surface area contributed by atoms with Gasteiger partial charge in [0.15, 0.2) is 11.5 Å². The Morgan fingerprint density at radius 1 is 1.52 bits per heavy atom. The number of anilines is 1. The van der Waals surface area contributed by atoms with E-state index < -0.39 is 19.8 Å². The van der Waals surface area contributed by atoms with Crippen LogP contribution in [0.2, 0.25) is 0 Å². The van der Waals surface area contributed by atoms with Crippen LogP contribution in [0.1, 0.15) is 6.92 Å². The lowest BCUT2D eigenvalue weighted by molar-refractivity contribution is -0.138. The van der Waals surface area contributed by atoms with E-state index in [1.165, 1.54) is 19.3 Å². The van der Waals surface area contributed by atoms with Gasteiger partial charge in [-0.05, 0) is 19.1 Å². The molecule has 0 saturated heterocycles. The highest BCUT2D eigenvalue weighted by atomic mass is 31.2. The minimum Gasteiger partial charge on any atom is -0.480 e. The van der Waals surface area contributed by atoms with Crippen LogP contribution in [-0.2, 0) is 20.4 Å². The molecule has 25 heavy (non-hydrogen) atoms. The number of hydrogen-bond acceptors (Lipinski definition) is 7. The summed E-state index contributed by atoms with van der Waals surface area (Å²) in [6.45, 7) is 1.41. The highest BCUT2D eigenvalue weighted by molar-refractivity contribution is 7.50. The largest absolute Gasteiger partial charge is 0.480 e. The molecule has 0 radical (unpaired) electrons. The Balaban J connectivity index is 1.88. The molecule has 0 amide bonds. The predicted molar refractivity (Wildman–Crippen MR) is 88.4 cm³/mol. The molecular formula is C13H17N6O5P. The SMILES string of the molecule is CC(NP(=O)(O)OCC=C=CCn1cnc2c(N)ncnc21)C(=O)O. The zero-order valence-corrected chi connectivity index (χ0v) is 14.1. The number of nitrogen functional groups attached to an aromatic ring is 1. The number of fused-ring (bicyclic) bond motifs is 1. The summed E-state index contributed by atoms with van der Waals surface area (Å²) in [6, 6.07) is -1.21. The second-order valence-electron chi connectivity index (χ2n) is 4.91. The van der Waals surface area contributed by atoms with Crippen molar-refractivity contribution in [2.45, 2.75) is 19.5 Å². The van der Waals surface area contributed by atoms with E-state index in [2.05, 4.69) is 20.7 Å². The highest BCUT2D eigenvalue weighted by Gasteiger charge is 2.24. The molecule has 2 aromatic heterocycles. The third-order valence-corrected chi connectivity index (χ3v) is 4.23. The lowest BCUT2D eigenvalue weighted by Gasteiger charge is -2.14. The fourth-order valence-electron chi connectivity index (χ4n) is 1.79. The summed E-state index contributed by atoms with van der Waals surface area (Å²) in [5.41, 5.74) is 9.55. The molecule has 2 unspecified atom stereocenters. The number of rotatable bonds is 8. The molecule has 2 aromatic rings. The first-order chi connectivity index (χ1) is 11.8. The van der Waals surface area contributed by atoms with E-state index in [0.717, 1.165) is 0 Å². The molecule has 0 aliphatic rings. The van der Waals surface area contributed by atoms with Crippen LogP contribution >= 0.6 is 7.75 Å². The number of nitrogens with two attached hydrogens (primary N) is 1. The van der Waals surface area contributed by atoms with Crippen LogP contribution in [-0.4, -0.2) is 48.1 Å². The lowest BCUT2D eigenvalue weighted by Crippen LogP contribution is -2.31. The maximum atomic E-state index is 11.6. The van der Waals surface area contributed by atoms with E-state index in [0.29, 0.717) is 23.5 Å². The number of nitrogens with zero attached hydrogens (tertiary/aromatic N) is 4. The number of nitrogens with one attached hydrogen (secondary N) is 1. The zero-order valence-electron chi connectivity index (χ0n) is 13.2. The van der Waals surface area contributed by atoms with Crippen LogP contribution in [0.5, 0.6) is 0 Å². The van der Waals surface area contributed by atoms with Crippen molar-refractivity contribution in [3.05, 3.63) is 30.5 Å². The van der Waals surface area contributed by atoms with Crippen molar-refractivity contribution in [1.29, 1.82) is 0 Å². The van der Waals surface area contributed by atoms with Crippen LogP contribution in [0.15, 0.2) is 30.5 Å². The van der Waals surface area contributed by atoms with Gasteiger partial charge in [-0.1, -0.05) is 0 Å². The molecule has 0 aliphatic carbocycles. The van der Waals surface area contributed by atoms with Gasteiger partial charge in [0, 0.05) is 0 Å². The summed E-state index contributed by atoms with van der Waals surface area (Å²) in [4.78, 5) is 32.1. The Labute approximate surface area is 142 Å². The average Bonchev–Trinajstić information content (AvgIpc) is 2.95. The Morgan fingerprint density at radius 2 is 2.28 bits per heavy atom. The Bertz CT molecular complexity index is 875. The van der Waals surface area contributed by atoms with E-state index >= 15 is 0 Å². The molecule has 0 aliphatic heterocycles. The van der Waals surface area contributed by atoms with Crippen LogP contribution in [0.3, 0.4) is 0 Å². The zero-order chi connectivity index (χ0) is 18.4. The monoisotopic (exact) mass is 368 g/mol. The standard InChI is InChI=1S/C13H17N6O5P/c1-9(13(20)21)18-25(22,23)24-6-4-2-3-5-19-8-17-10-11(14)15-7-16-12(10)19/h3-4,7-9H,5-6H2,1H3,(H,20,21)(H2,14,15,16)(H2,18,22,23). The molecule has 0 fully saturated rings. The number of imidazole rings is 1. The van der Waals surface area contributed by atoms with Crippen molar-refractivity contribution in [3.63, 3.8) is 0 Å². The van der Waals surface area contributed by atoms with Gasteiger partial charge < -0.3 is 20.3 Å². The first-order valence-corrected chi connectivity index (χ1v) is 8.66. The number of aromatic nitrogens is 4. The van der Waals surface area contributed by atoms with Gasteiger partial charge in [0.05, 0.1) is 19.5 Å². The number of hydrogen-bond donors (Lipinski definition) is 4. The Kier molecular flexibility index (Phi) is 6.02. The molecule has 12 heteroatoms. The van der Waals surface area contributed by atoms with Gasteiger partial charge in [-0.2, -0.15) is 0 Å². The molecule has 134 valence electrons. The quantitative estimate of drug-likeness (QED) is 0.376. The maximum absolute atomic E-state index is 11.6. The highest BCUT2D eigenvalue weighted by Crippen LogP contribution is 2.37. The van der Waals surface area contributed by atoms with Gasteiger partial charge in [0.1, 0.15) is 17.9 Å². The fraction of sp³-hybridized carbons (Fsp3) is 0.308. The molecule has 5 N–H and O–H groups in total. The third-order valence-electron chi connectivity index (χ3n) is 3.01. The van der Waals surface area contributed by atoms with Crippen molar-refractivity contribution < 1.29 is 23.9 Å². The third kappa shape index (κ3) is 5.21. The van der Waals surface area contributed by atoms with Crippen molar-refractivity contribution in [3.8, 4) is 0 Å². The summed E-state index contributed by atoms with van der Waals surface area (Å²) in [5, 5.41) is 10.7. The van der Waals surface area contributed by atoms with Gasteiger partial charge in [-0.15, -0.1) is 5.73 Å². The van der Waals surface area contributed by atoms with Crippen LogP contribution in [0, 0.1) is 0 Å². The normalized spacial score (nSPS) is 14.5. The predicted octanol–water partition coefficient (Wildman–Crippen LogP) is 0.299. The second-order valence-corrected chi connectivity index (χ2v) is 6.47. The molecular weight excluding hydrogens is 351 g/mol. The van der Waals surface area contributed by atoms with Crippen LogP contribution < -0.4 is 10.8 Å². The van der Waals surface area contributed by atoms with Crippen molar-refractivity contribution in [2.75, 3.05) is 12.3 Å². The molecule has 0 spiro atoms. The molecule has 2 rings (SSSR count). The summed E-state index contributed by atoms with van der Waals surface area (Å²) < 4.78 is 18.0. The van der Waals surface area contributed by atoms with E-state index in [4.69, 9.17) is 15.4 Å². The van der Waals surface area contributed by atoms with Crippen molar-refractivity contribution in [2.24, 2.45) is 0 Å². The van der Waals surface area contributed by atoms with Crippen molar-refractivity contribution >= 4 is 30.7 Å². The smallest absolute Gasteiger partial charge is 0.403 e. The Morgan fingerprint density at radius 3 is 3.00 bits per heavy atom. The molecule has 11 nitrogen and oxygen atoms in total. The number of aliphatic carboxylic acids is 1. The van der Waals surface area contributed by atoms with Gasteiger partial charge in [-0.25, -0.2) is 24.6 Å². The van der Waals surface area contributed by atoms with Crippen LogP contribution in [0.4, 0.5) is 5.82 Å².